The third-order valence-corrected chi connectivity index (χ3v) is 11.1. The van der Waals surface area contributed by atoms with Gasteiger partial charge in [0.25, 0.3) is 5.91 Å². The highest BCUT2D eigenvalue weighted by atomic mass is 35.5. The van der Waals surface area contributed by atoms with Gasteiger partial charge in [0.1, 0.15) is 17.7 Å². The highest BCUT2D eigenvalue weighted by molar-refractivity contribution is 7.91. The van der Waals surface area contributed by atoms with Crippen molar-refractivity contribution < 1.29 is 37.1 Å². The molecule has 1 aromatic rings. The topological polar surface area (TPSA) is 177 Å². The van der Waals surface area contributed by atoms with Crippen LogP contribution in [0.4, 0.5) is 4.79 Å². The van der Waals surface area contributed by atoms with E-state index in [-0.39, 0.29) is 32.5 Å². The maximum absolute atomic E-state index is 13.8. The van der Waals surface area contributed by atoms with Gasteiger partial charge in [-0.1, -0.05) is 35.9 Å². The van der Waals surface area contributed by atoms with E-state index >= 15 is 0 Å². The van der Waals surface area contributed by atoms with Crippen molar-refractivity contribution in [1.29, 1.82) is 0 Å². The third-order valence-electron chi connectivity index (χ3n) is 8.97. The SMILES string of the molecule is N[C@H]1CCCOC/C=C\[C@@H]2C[C@@]2(C(=O)NS(=O)(=O)C2CC2)NC(=O)[C@@H]2C[C@@H](OC(=O)N3Cc4cccc(Cl)c4C3)CN2C1=O. The van der Waals surface area contributed by atoms with Gasteiger partial charge in [0.15, 0.2) is 0 Å². The summed E-state index contributed by atoms with van der Waals surface area (Å²) in [5.74, 6) is -2.43. The number of nitrogens with two attached hydrogens (primary N) is 1. The van der Waals surface area contributed by atoms with Gasteiger partial charge in [-0.15, -0.1) is 0 Å². The van der Waals surface area contributed by atoms with Crippen molar-refractivity contribution in [2.75, 3.05) is 19.8 Å². The molecule has 5 aliphatic rings. The first-order chi connectivity index (χ1) is 21.0. The van der Waals surface area contributed by atoms with Crippen LogP contribution in [0.1, 0.15) is 49.7 Å². The molecular formula is C29H36ClN5O8S. The molecule has 5 atom stereocenters. The largest absolute Gasteiger partial charge is 0.444 e. The molecule has 3 aliphatic heterocycles. The summed E-state index contributed by atoms with van der Waals surface area (Å²) in [6.45, 7) is 1.13. The van der Waals surface area contributed by atoms with Gasteiger partial charge in [0.2, 0.25) is 21.8 Å². The lowest BCUT2D eigenvalue weighted by Gasteiger charge is -2.28. The molecule has 0 unspecified atom stereocenters. The Labute approximate surface area is 260 Å². The Kier molecular flexibility index (Phi) is 8.37. The zero-order valence-electron chi connectivity index (χ0n) is 24.1. The van der Waals surface area contributed by atoms with E-state index in [2.05, 4.69) is 10.0 Å². The van der Waals surface area contributed by atoms with Crippen molar-refractivity contribution >= 4 is 45.4 Å². The number of rotatable bonds is 4. The van der Waals surface area contributed by atoms with Crippen molar-refractivity contribution in [3.8, 4) is 0 Å². The summed E-state index contributed by atoms with van der Waals surface area (Å²) in [6.07, 6.45) is 3.98. The average molecular weight is 650 g/mol. The number of carbonyl (C=O) groups is 4. The van der Waals surface area contributed by atoms with Crippen molar-refractivity contribution in [3.63, 3.8) is 0 Å². The van der Waals surface area contributed by atoms with E-state index in [4.69, 9.17) is 26.8 Å². The van der Waals surface area contributed by atoms with Crippen LogP contribution in [0, 0.1) is 5.92 Å². The van der Waals surface area contributed by atoms with Gasteiger partial charge >= 0.3 is 6.09 Å². The van der Waals surface area contributed by atoms with Crippen LogP contribution in [0.2, 0.25) is 5.02 Å². The predicted molar refractivity (Wildman–Crippen MR) is 157 cm³/mol. The van der Waals surface area contributed by atoms with Gasteiger partial charge in [-0.05, 0) is 49.3 Å². The highest BCUT2D eigenvalue weighted by Crippen LogP contribution is 2.46. The molecule has 2 saturated carbocycles. The predicted octanol–water partition coefficient (Wildman–Crippen LogP) is 0.939. The molecule has 238 valence electrons. The molecule has 13 nitrogen and oxygen atoms in total. The molecule has 1 aromatic carbocycles. The number of ether oxygens (including phenoxy) is 2. The molecule has 0 radical (unpaired) electrons. The van der Waals surface area contributed by atoms with Gasteiger partial charge in [-0.25, -0.2) is 13.2 Å². The van der Waals surface area contributed by atoms with E-state index in [9.17, 15) is 27.6 Å². The Morgan fingerprint density at radius 2 is 1.98 bits per heavy atom. The van der Waals surface area contributed by atoms with Crippen molar-refractivity contribution in [2.45, 2.75) is 80.6 Å². The fraction of sp³-hybridized carbons (Fsp3) is 0.586. The average Bonchev–Trinajstić information content (AvgIpc) is 3.86. The molecular weight excluding hydrogens is 614 g/mol. The van der Waals surface area contributed by atoms with Crippen LogP contribution in [0.5, 0.6) is 0 Å². The number of sulfonamides is 1. The molecule has 0 aromatic heterocycles. The number of nitrogens with one attached hydrogen (secondary N) is 2. The number of amides is 4. The van der Waals surface area contributed by atoms with E-state index in [1.165, 1.54) is 9.80 Å². The number of carbonyl (C=O) groups excluding carboxylic acids is 4. The van der Waals surface area contributed by atoms with Crippen LogP contribution in [-0.2, 0) is 47.0 Å². The molecule has 15 heteroatoms. The Morgan fingerprint density at radius 3 is 2.73 bits per heavy atom. The first-order valence-corrected chi connectivity index (χ1v) is 16.8. The molecule has 4 N–H and O–H groups in total. The summed E-state index contributed by atoms with van der Waals surface area (Å²) in [6, 6.07) is 3.44. The first kappa shape index (κ1) is 30.8. The molecule has 0 spiro atoms. The molecule has 44 heavy (non-hydrogen) atoms. The molecule has 0 bridgehead atoms. The lowest BCUT2D eigenvalue weighted by molar-refractivity contribution is -0.140. The summed E-state index contributed by atoms with van der Waals surface area (Å²) >= 11 is 6.30. The highest BCUT2D eigenvalue weighted by Gasteiger charge is 2.62. The second-order valence-electron chi connectivity index (χ2n) is 12.2. The smallest absolute Gasteiger partial charge is 0.410 e. The van der Waals surface area contributed by atoms with Gasteiger partial charge in [-0.3, -0.25) is 24.0 Å². The van der Waals surface area contributed by atoms with Crippen LogP contribution >= 0.6 is 11.6 Å². The third kappa shape index (κ3) is 6.17. The standard InChI is InChI=1S/C29H36ClN5O8S/c30-22-6-1-4-17-14-34(16-21(17)22)28(39)43-19-12-24-25(36)32-29(27(38)33-44(40,41)20-8-9-20)13-18(29)5-2-10-42-11-3-7-23(31)26(37)35(24)15-19/h1-2,4-6,18-20,23-24H,3,7-16,31H2,(H,32,36)(H,33,38)/b5-2-/t18-,19-,23+,24+,29-/m1/s1. The fourth-order valence-corrected chi connectivity index (χ4v) is 7.80. The number of benzene rings is 1. The number of hydrogen-bond donors (Lipinski definition) is 3. The lowest BCUT2D eigenvalue weighted by atomic mass is 10.1. The normalized spacial score (nSPS) is 31.5. The quantitative estimate of drug-likeness (QED) is 0.401. The van der Waals surface area contributed by atoms with Crippen LogP contribution < -0.4 is 15.8 Å². The Bertz CT molecular complexity index is 1500. The Morgan fingerprint density at radius 1 is 1.18 bits per heavy atom. The summed E-state index contributed by atoms with van der Waals surface area (Å²) in [5, 5.41) is 2.70. The molecule has 3 heterocycles. The lowest BCUT2D eigenvalue weighted by Crippen LogP contribution is -2.57. The van der Waals surface area contributed by atoms with Crippen LogP contribution in [0.25, 0.3) is 0 Å². The van der Waals surface area contributed by atoms with Gasteiger partial charge in [0, 0.05) is 30.5 Å². The minimum Gasteiger partial charge on any atom is -0.444 e. The van der Waals surface area contributed by atoms with E-state index in [0.717, 1.165) is 11.1 Å². The number of halogens is 1. The molecule has 6 rings (SSSR count). The van der Waals surface area contributed by atoms with E-state index < -0.39 is 68.7 Å². The Balaban J connectivity index is 1.20. The maximum atomic E-state index is 13.8. The van der Waals surface area contributed by atoms with Crippen LogP contribution in [0.3, 0.4) is 0 Å². The zero-order valence-corrected chi connectivity index (χ0v) is 25.6. The number of hydrogen-bond acceptors (Lipinski definition) is 9. The summed E-state index contributed by atoms with van der Waals surface area (Å²) < 4.78 is 38.7. The monoisotopic (exact) mass is 649 g/mol. The van der Waals surface area contributed by atoms with Crippen LogP contribution in [-0.4, -0.2) is 90.8 Å². The van der Waals surface area contributed by atoms with Gasteiger partial charge in [-0.2, -0.15) is 0 Å². The second kappa shape index (κ2) is 12.0. The zero-order chi connectivity index (χ0) is 31.2. The summed E-state index contributed by atoms with van der Waals surface area (Å²) in [5.41, 5.74) is 6.48. The van der Waals surface area contributed by atoms with E-state index in [0.29, 0.717) is 43.9 Å². The second-order valence-corrected chi connectivity index (χ2v) is 14.5. The summed E-state index contributed by atoms with van der Waals surface area (Å²) in [7, 11) is -3.87. The fourth-order valence-electron chi connectivity index (χ4n) is 6.18. The molecule has 3 fully saturated rings. The van der Waals surface area contributed by atoms with Crippen molar-refractivity contribution in [3.05, 3.63) is 46.5 Å². The van der Waals surface area contributed by atoms with Crippen LogP contribution in [0.15, 0.2) is 30.4 Å². The van der Waals surface area contributed by atoms with Gasteiger partial charge < -0.3 is 25.4 Å². The van der Waals surface area contributed by atoms with Gasteiger partial charge in [0.05, 0.1) is 31.0 Å². The molecule has 4 amide bonds. The number of nitrogens with zero attached hydrogens (tertiary/aromatic N) is 2. The maximum Gasteiger partial charge on any atom is 0.410 e. The van der Waals surface area contributed by atoms with E-state index in [1.54, 1.807) is 18.2 Å². The Hall–Kier alpha value is -3.20. The number of fused-ring (bicyclic) bond motifs is 3. The van der Waals surface area contributed by atoms with Crippen molar-refractivity contribution in [2.24, 2.45) is 11.7 Å². The molecule has 1 saturated heterocycles. The van der Waals surface area contributed by atoms with Crippen molar-refractivity contribution in [1.82, 2.24) is 19.8 Å². The minimum absolute atomic E-state index is 0.0146. The summed E-state index contributed by atoms with van der Waals surface area (Å²) in [4.78, 5) is 56.7. The first-order valence-electron chi connectivity index (χ1n) is 14.9. The molecule has 2 aliphatic carbocycles. The van der Waals surface area contributed by atoms with E-state index in [1.807, 2.05) is 12.1 Å². The minimum atomic E-state index is -3.87.